The first kappa shape index (κ1) is 11.7. The molecule has 0 heterocycles. The van der Waals surface area contributed by atoms with Crippen LogP contribution < -0.4 is 5.73 Å². The van der Waals surface area contributed by atoms with E-state index in [9.17, 15) is 4.57 Å². The molecule has 1 atom stereocenters. The van der Waals surface area contributed by atoms with E-state index in [1.165, 1.54) is 0 Å². The van der Waals surface area contributed by atoms with Crippen LogP contribution >= 0.6 is 7.60 Å². The van der Waals surface area contributed by atoms with Gasteiger partial charge in [-0.1, -0.05) is 13.5 Å². The SMILES string of the molecule is C=C(N)COP(=O)(CC)OCC. The van der Waals surface area contributed by atoms with Crippen LogP contribution in [0.15, 0.2) is 12.3 Å². The lowest BCUT2D eigenvalue weighted by Gasteiger charge is -2.15. The molecule has 0 radical (unpaired) electrons. The van der Waals surface area contributed by atoms with Crippen LogP contribution in [0.3, 0.4) is 0 Å². The summed E-state index contributed by atoms with van der Waals surface area (Å²) in [5.74, 6) is 0. The largest absolute Gasteiger partial charge is 0.401 e. The smallest absolute Gasteiger partial charge is 0.330 e. The highest BCUT2D eigenvalue weighted by Crippen LogP contribution is 2.47. The van der Waals surface area contributed by atoms with Crippen molar-refractivity contribution >= 4 is 7.60 Å². The highest BCUT2D eigenvalue weighted by Gasteiger charge is 2.20. The van der Waals surface area contributed by atoms with Gasteiger partial charge in [0, 0.05) is 11.9 Å². The molecule has 12 heavy (non-hydrogen) atoms. The third-order valence-corrected chi connectivity index (χ3v) is 3.11. The third kappa shape index (κ3) is 4.54. The van der Waals surface area contributed by atoms with Crippen LogP contribution in [0.5, 0.6) is 0 Å². The van der Waals surface area contributed by atoms with Gasteiger partial charge in [-0.15, -0.1) is 0 Å². The zero-order valence-electron chi connectivity index (χ0n) is 7.58. The molecule has 0 aromatic rings. The third-order valence-electron chi connectivity index (χ3n) is 1.16. The summed E-state index contributed by atoms with van der Waals surface area (Å²) in [5.41, 5.74) is 5.60. The molecule has 0 saturated heterocycles. The van der Waals surface area contributed by atoms with Gasteiger partial charge in [0.25, 0.3) is 0 Å². The second-order valence-corrected chi connectivity index (χ2v) is 4.65. The maximum absolute atomic E-state index is 11.5. The number of rotatable bonds is 6. The standard InChI is InChI=1S/C7H16NO3P/c1-4-10-12(9,5-2)11-6-7(3)8/h3-6,8H2,1-2H3. The Morgan fingerprint density at radius 3 is 2.42 bits per heavy atom. The molecule has 0 aromatic heterocycles. The van der Waals surface area contributed by atoms with E-state index in [2.05, 4.69) is 6.58 Å². The maximum atomic E-state index is 11.5. The Balaban J connectivity index is 3.96. The van der Waals surface area contributed by atoms with Gasteiger partial charge in [0.2, 0.25) is 0 Å². The van der Waals surface area contributed by atoms with Gasteiger partial charge >= 0.3 is 7.60 Å². The molecule has 0 aliphatic carbocycles. The van der Waals surface area contributed by atoms with Gasteiger partial charge in [0.05, 0.1) is 13.2 Å². The van der Waals surface area contributed by atoms with Crippen LogP contribution in [0.1, 0.15) is 13.8 Å². The molecule has 0 bridgehead atoms. The Hall–Kier alpha value is -0.310. The molecule has 0 rings (SSSR count). The van der Waals surface area contributed by atoms with Crippen LogP contribution in [0.25, 0.3) is 0 Å². The van der Waals surface area contributed by atoms with Gasteiger partial charge in [0.1, 0.15) is 0 Å². The lowest BCUT2D eigenvalue weighted by molar-refractivity contribution is 0.225. The van der Waals surface area contributed by atoms with Crippen molar-refractivity contribution in [3.63, 3.8) is 0 Å². The van der Waals surface area contributed by atoms with Gasteiger partial charge in [-0.2, -0.15) is 0 Å². The quantitative estimate of drug-likeness (QED) is 0.652. The van der Waals surface area contributed by atoms with Crippen molar-refractivity contribution in [1.29, 1.82) is 0 Å². The van der Waals surface area contributed by atoms with E-state index in [1.807, 2.05) is 0 Å². The number of hydrogen-bond acceptors (Lipinski definition) is 4. The highest BCUT2D eigenvalue weighted by atomic mass is 31.2. The lowest BCUT2D eigenvalue weighted by atomic mass is 10.6. The van der Waals surface area contributed by atoms with Crippen LogP contribution in [-0.4, -0.2) is 19.4 Å². The monoisotopic (exact) mass is 193 g/mol. The molecule has 0 aliphatic rings. The number of hydrogen-bond donors (Lipinski definition) is 1. The highest BCUT2D eigenvalue weighted by molar-refractivity contribution is 7.53. The van der Waals surface area contributed by atoms with Crippen molar-refractivity contribution in [3.8, 4) is 0 Å². The first-order chi connectivity index (χ1) is 5.54. The fourth-order valence-corrected chi connectivity index (χ4v) is 1.79. The predicted octanol–water partition coefficient (Wildman–Crippen LogP) is 1.72. The molecule has 0 fully saturated rings. The van der Waals surface area contributed by atoms with Crippen molar-refractivity contribution in [2.75, 3.05) is 19.4 Å². The molecular weight excluding hydrogens is 177 g/mol. The Bertz CT molecular complexity index is 193. The average molecular weight is 193 g/mol. The molecule has 4 nitrogen and oxygen atoms in total. The lowest BCUT2D eigenvalue weighted by Crippen LogP contribution is -2.06. The first-order valence-corrected chi connectivity index (χ1v) is 5.58. The Morgan fingerprint density at radius 2 is 2.08 bits per heavy atom. The molecule has 5 heteroatoms. The summed E-state index contributed by atoms with van der Waals surface area (Å²) in [6.07, 6.45) is 0.355. The summed E-state index contributed by atoms with van der Waals surface area (Å²) in [6, 6.07) is 0. The van der Waals surface area contributed by atoms with Crippen LogP contribution in [0.2, 0.25) is 0 Å². The Morgan fingerprint density at radius 1 is 1.50 bits per heavy atom. The minimum Gasteiger partial charge on any atom is -0.401 e. The van der Waals surface area contributed by atoms with Crippen LogP contribution in [-0.2, 0) is 13.6 Å². The molecule has 0 saturated carbocycles. The van der Waals surface area contributed by atoms with E-state index in [1.54, 1.807) is 13.8 Å². The van der Waals surface area contributed by atoms with Crippen molar-refractivity contribution in [2.45, 2.75) is 13.8 Å². The average Bonchev–Trinajstić information content (AvgIpc) is 2.02. The molecular formula is C7H16NO3P. The van der Waals surface area contributed by atoms with E-state index in [0.717, 1.165) is 0 Å². The Labute approximate surface area is 73.3 Å². The van der Waals surface area contributed by atoms with Crippen LogP contribution in [0, 0.1) is 0 Å². The van der Waals surface area contributed by atoms with E-state index in [-0.39, 0.29) is 6.61 Å². The zero-order chi connectivity index (χ0) is 9.61. The summed E-state index contributed by atoms with van der Waals surface area (Å²) in [5, 5.41) is 0. The van der Waals surface area contributed by atoms with Crippen molar-refractivity contribution < 1.29 is 13.6 Å². The minimum absolute atomic E-state index is 0.0884. The zero-order valence-corrected chi connectivity index (χ0v) is 8.47. The minimum atomic E-state index is -2.89. The topological polar surface area (TPSA) is 61.5 Å². The van der Waals surface area contributed by atoms with Crippen molar-refractivity contribution in [2.24, 2.45) is 5.73 Å². The second-order valence-electron chi connectivity index (χ2n) is 2.28. The summed E-state index contributed by atoms with van der Waals surface area (Å²) in [4.78, 5) is 0. The molecule has 0 amide bonds. The maximum Gasteiger partial charge on any atom is 0.330 e. The van der Waals surface area contributed by atoms with Crippen molar-refractivity contribution in [3.05, 3.63) is 12.3 Å². The van der Waals surface area contributed by atoms with Crippen molar-refractivity contribution in [1.82, 2.24) is 0 Å². The van der Waals surface area contributed by atoms with Gasteiger partial charge in [-0.25, -0.2) is 0 Å². The summed E-state index contributed by atoms with van der Waals surface area (Å²) in [6.45, 7) is 7.41. The van der Waals surface area contributed by atoms with Gasteiger partial charge < -0.3 is 14.8 Å². The molecule has 72 valence electrons. The van der Waals surface area contributed by atoms with E-state index < -0.39 is 7.60 Å². The van der Waals surface area contributed by atoms with Crippen LogP contribution in [0.4, 0.5) is 0 Å². The molecule has 0 aromatic carbocycles. The van der Waals surface area contributed by atoms with E-state index >= 15 is 0 Å². The molecule has 0 spiro atoms. The van der Waals surface area contributed by atoms with E-state index in [4.69, 9.17) is 14.8 Å². The summed E-state index contributed by atoms with van der Waals surface area (Å²) in [7, 11) is -2.89. The fourth-order valence-electron chi connectivity index (χ4n) is 0.598. The van der Waals surface area contributed by atoms with Gasteiger partial charge in [0.15, 0.2) is 0 Å². The van der Waals surface area contributed by atoms with Gasteiger partial charge in [-0.3, -0.25) is 4.57 Å². The second kappa shape index (κ2) is 5.36. The molecule has 0 aliphatic heterocycles. The summed E-state index contributed by atoms with van der Waals surface area (Å²) < 4.78 is 21.5. The van der Waals surface area contributed by atoms with Gasteiger partial charge in [-0.05, 0) is 6.92 Å². The predicted molar refractivity (Wildman–Crippen MR) is 49.1 cm³/mol. The fraction of sp³-hybridized carbons (Fsp3) is 0.714. The number of nitrogens with two attached hydrogens (primary N) is 1. The first-order valence-electron chi connectivity index (χ1n) is 3.85. The molecule has 2 N–H and O–H groups in total. The normalized spacial score (nSPS) is 15.5. The Kier molecular flexibility index (Phi) is 5.22. The van der Waals surface area contributed by atoms with E-state index in [0.29, 0.717) is 18.5 Å². The summed E-state index contributed by atoms with van der Waals surface area (Å²) >= 11 is 0. The molecule has 1 unspecified atom stereocenters.